The smallest absolute Gasteiger partial charge is 0.387 e. The number of rotatable bonds is 10. The maximum absolute atomic E-state index is 12.6. The molecule has 2 amide bonds. The third kappa shape index (κ3) is 6.96. The van der Waals surface area contributed by atoms with Crippen molar-refractivity contribution in [2.45, 2.75) is 57.4 Å². The number of halogens is 4. The van der Waals surface area contributed by atoms with Gasteiger partial charge in [0.25, 0.3) is 5.91 Å². The number of carbonyl (C=O) groups is 2. The van der Waals surface area contributed by atoms with Gasteiger partial charge in [0.05, 0.1) is 12.6 Å². The number of hydrogen-bond acceptors (Lipinski definition) is 6. The van der Waals surface area contributed by atoms with Gasteiger partial charge in [0.15, 0.2) is 11.5 Å². The molecule has 3 atom stereocenters. The lowest BCUT2D eigenvalue weighted by atomic mass is 10.1. The first-order valence-corrected chi connectivity index (χ1v) is 11.0. The molecule has 0 spiro atoms. The summed E-state index contributed by atoms with van der Waals surface area (Å²) >= 11 is 0. The Bertz CT molecular complexity index is 911. The summed E-state index contributed by atoms with van der Waals surface area (Å²) in [7, 11) is 0. The van der Waals surface area contributed by atoms with Gasteiger partial charge in [0.2, 0.25) is 5.91 Å². The maximum Gasteiger partial charge on any atom is 0.387 e. The van der Waals surface area contributed by atoms with E-state index in [0.717, 1.165) is 37.8 Å². The maximum atomic E-state index is 12.6. The molecule has 2 N–H and O–H groups in total. The van der Waals surface area contributed by atoms with E-state index in [9.17, 15) is 27.2 Å². The van der Waals surface area contributed by atoms with Crippen molar-refractivity contribution in [1.29, 1.82) is 5.26 Å². The number of amides is 2. The molecule has 8 nitrogen and oxygen atoms in total. The molecule has 1 aliphatic heterocycles. The molecule has 0 unspecified atom stereocenters. The highest BCUT2D eigenvalue weighted by molar-refractivity contribution is 5.94. The van der Waals surface area contributed by atoms with Crippen molar-refractivity contribution in [3.8, 4) is 17.6 Å². The predicted molar refractivity (Wildman–Crippen MR) is 112 cm³/mol. The van der Waals surface area contributed by atoms with Crippen molar-refractivity contribution in [3.05, 3.63) is 23.8 Å². The zero-order chi connectivity index (χ0) is 24.7. The second kappa shape index (κ2) is 11.9. The lowest BCUT2D eigenvalue weighted by Gasteiger charge is -2.21. The van der Waals surface area contributed by atoms with Crippen LogP contribution in [0.2, 0.25) is 0 Å². The van der Waals surface area contributed by atoms with E-state index in [0.29, 0.717) is 19.5 Å². The van der Waals surface area contributed by atoms with Crippen LogP contribution >= 0.6 is 0 Å². The highest BCUT2D eigenvalue weighted by Gasteiger charge is 2.30. The summed E-state index contributed by atoms with van der Waals surface area (Å²) in [6.07, 6.45) is 3.90. The molecule has 1 heterocycles. The van der Waals surface area contributed by atoms with Crippen LogP contribution in [0.5, 0.6) is 11.5 Å². The molecule has 1 aliphatic carbocycles. The van der Waals surface area contributed by atoms with Crippen LogP contribution < -0.4 is 20.1 Å². The monoisotopic (exact) mass is 486 g/mol. The molecule has 0 bridgehead atoms. The molecule has 1 aromatic carbocycles. The number of likely N-dealkylation sites (tertiary alicyclic amines) is 1. The Morgan fingerprint density at radius 3 is 2.56 bits per heavy atom. The highest BCUT2D eigenvalue weighted by Crippen LogP contribution is 2.31. The molecular weight excluding hydrogens is 460 g/mol. The summed E-state index contributed by atoms with van der Waals surface area (Å²) in [6.45, 7) is -5.43. The highest BCUT2D eigenvalue weighted by atomic mass is 19.3. The van der Waals surface area contributed by atoms with Crippen molar-refractivity contribution in [2.75, 3.05) is 19.6 Å². The average molecular weight is 486 g/mol. The SMILES string of the molecule is N#C[C@@H]1CCCN1C(=O)CN[C@@H]1CC[C@H](CNC(=O)c2ccc(OC(F)F)c(OC(F)F)c2)C1. The van der Waals surface area contributed by atoms with Crippen LogP contribution in [0, 0.1) is 17.2 Å². The molecule has 2 fully saturated rings. The van der Waals surface area contributed by atoms with Gasteiger partial charge in [-0.15, -0.1) is 0 Å². The Kier molecular flexibility index (Phi) is 8.92. The normalized spacial score (nSPS) is 22.1. The van der Waals surface area contributed by atoms with Crippen LogP contribution in [0.4, 0.5) is 17.6 Å². The fraction of sp³-hybridized carbons (Fsp3) is 0.591. The van der Waals surface area contributed by atoms with Crippen molar-refractivity contribution >= 4 is 11.8 Å². The summed E-state index contributed by atoms with van der Waals surface area (Å²) in [4.78, 5) is 26.4. The number of alkyl halides is 4. The molecule has 0 radical (unpaired) electrons. The minimum Gasteiger partial charge on any atom is -0.431 e. The van der Waals surface area contributed by atoms with Gasteiger partial charge in [-0.2, -0.15) is 22.8 Å². The first kappa shape index (κ1) is 25.6. The van der Waals surface area contributed by atoms with E-state index < -0.39 is 30.6 Å². The van der Waals surface area contributed by atoms with Crippen LogP contribution in [0.1, 0.15) is 42.5 Å². The average Bonchev–Trinajstić information content (AvgIpc) is 3.45. The number of hydrogen-bond donors (Lipinski definition) is 2. The summed E-state index contributed by atoms with van der Waals surface area (Å²) in [5.41, 5.74) is -0.0341. The van der Waals surface area contributed by atoms with Gasteiger partial charge in [-0.3, -0.25) is 9.59 Å². The molecule has 1 aromatic rings. The van der Waals surface area contributed by atoms with Gasteiger partial charge in [0, 0.05) is 24.7 Å². The van der Waals surface area contributed by atoms with Gasteiger partial charge in [-0.1, -0.05) is 0 Å². The molecule has 3 rings (SSSR count). The van der Waals surface area contributed by atoms with Gasteiger partial charge >= 0.3 is 13.2 Å². The van der Waals surface area contributed by atoms with Crippen molar-refractivity contribution < 1.29 is 36.6 Å². The number of nitrogens with one attached hydrogen (secondary N) is 2. The van der Waals surface area contributed by atoms with Crippen LogP contribution in [-0.2, 0) is 4.79 Å². The standard InChI is InChI=1S/C22H26F4N4O4/c23-21(24)33-17-6-4-14(9-18(17)34-22(25)26)20(32)29-11-13-3-5-15(8-13)28-12-19(31)30-7-1-2-16(30)10-27/h4,6,9,13,15-16,21-22,28H,1-3,5,7-8,11-12H2,(H,29,32)/t13-,15+,16-/m0/s1. The quantitative estimate of drug-likeness (QED) is 0.493. The Labute approximate surface area is 194 Å². The van der Waals surface area contributed by atoms with Gasteiger partial charge < -0.3 is 25.0 Å². The Balaban J connectivity index is 1.46. The van der Waals surface area contributed by atoms with Crippen molar-refractivity contribution in [1.82, 2.24) is 15.5 Å². The summed E-state index contributed by atoms with van der Waals surface area (Å²) < 4.78 is 58.4. The fourth-order valence-electron chi connectivity index (χ4n) is 4.35. The lowest BCUT2D eigenvalue weighted by molar-refractivity contribution is -0.130. The fourth-order valence-corrected chi connectivity index (χ4v) is 4.35. The van der Waals surface area contributed by atoms with Crippen molar-refractivity contribution in [2.24, 2.45) is 5.92 Å². The van der Waals surface area contributed by atoms with E-state index in [1.54, 1.807) is 4.90 Å². The summed E-state index contributed by atoms with van der Waals surface area (Å²) in [5.74, 6) is -1.77. The molecular formula is C22H26F4N4O4. The lowest BCUT2D eigenvalue weighted by Crippen LogP contribution is -2.43. The van der Waals surface area contributed by atoms with Gasteiger partial charge in [-0.05, 0) is 56.2 Å². The number of benzene rings is 1. The van der Waals surface area contributed by atoms with Gasteiger partial charge in [-0.25, -0.2) is 0 Å². The number of carbonyl (C=O) groups excluding carboxylic acids is 2. The zero-order valence-corrected chi connectivity index (χ0v) is 18.3. The second-order valence-electron chi connectivity index (χ2n) is 8.26. The number of ether oxygens (including phenoxy) is 2. The van der Waals surface area contributed by atoms with E-state index in [1.165, 1.54) is 6.07 Å². The first-order chi connectivity index (χ1) is 16.3. The van der Waals surface area contributed by atoms with Crippen LogP contribution in [0.3, 0.4) is 0 Å². The van der Waals surface area contributed by atoms with Crippen LogP contribution in [-0.4, -0.2) is 61.7 Å². The van der Waals surface area contributed by atoms with E-state index in [-0.39, 0.29) is 36.0 Å². The largest absolute Gasteiger partial charge is 0.431 e. The molecule has 2 aliphatic rings. The molecule has 1 saturated heterocycles. The topological polar surface area (TPSA) is 104 Å². The Morgan fingerprint density at radius 2 is 1.85 bits per heavy atom. The minimum atomic E-state index is -3.27. The Hall–Kier alpha value is -3.07. The zero-order valence-electron chi connectivity index (χ0n) is 18.3. The molecule has 1 saturated carbocycles. The van der Waals surface area contributed by atoms with E-state index in [2.05, 4.69) is 26.2 Å². The third-order valence-corrected chi connectivity index (χ3v) is 5.99. The minimum absolute atomic E-state index is 0.0341. The molecule has 34 heavy (non-hydrogen) atoms. The van der Waals surface area contributed by atoms with E-state index in [4.69, 9.17) is 5.26 Å². The van der Waals surface area contributed by atoms with Crippen molar-refractivity contribution in [3.63, 3.8) is 0 Å². The van der Waals surface area contributed by atoms with Crippen LogP contribution in [0.25, 0.3) is 0 Å². The third-order valence-electron chi connectivity index (χ3n) is 5.99. The first-order valence-electron chi connectivity index (χ1n) is 11.0. The summed E-state index contributed by atoms with van der Waals surface area (Å²) in [6, 6.07) is 4.98. The van der Waals surface area contributed by atoms with Crippen LogP contribution in [0.15, 0.2) is 18.2 Å². The Morgan fingerprint density at radius 1 is 1.12 bits per heavy atom. The number of nitriles is 1. The van der Waals surface area contributed by atoms with E-state index in [1.807, 2.05) is 0 Å². The van der Waals surface area contributed by atoms with Gasteiger partial charge in [0.1, 0.15) is 6.04 Å². The molecule has 12 heteroatoms. The predicted octanol–water partition coefficient (Wildman–Crippen LogP) is 2.89. The number of nitrogens with zero attached hydrogens (tertiary/aromatic N) is 2. The van der Waals surface area contributed by atoms with E-state index >= 15 is 0 Å². The molecule has 0 aromatic heterocycles. The summed E-state index contributed by atoms with van der Waals surface area (Å²) in [5, 5.41) is 15.1. The second-order valence-corrected chi connectivity index (χ2v) is 8.26. The molecule has 186 valence electrons.